The number of nitrogens with zero attached hydrogens (tertiary/aromatic N) is 3. The summed E-state index contributed by atoms with van der Waals surface area (Å²) in [6, 6.07) is 3.68. The minimum absolute atomic E-state index is 0.203. The van der Waals surface area contributed by atoms with Crippen molar-refractivity contribution in [3.05, 3.63) is 41.7 Å². The van der Waals surface area contributed by atoms with Crippen molar-refractivity contribution in [3.8, 4) is 5.69 Å². The number of hydrogen-bond donors (Lipinski definition) is 1. The molecule has 2 aromatic rings. The Balaban J connectivity index is 2.54. The van der Waals surface area contributed by atoms with Crippen LogP contribution >= 0.6 is 0 Å². The lowest BCUT2D eigenvalue weighted by molar-refractivity contribution is 0.549. The molecular formula is C10H10F2N4. The summed E-state index contributed by atoms with van der Waals surface area (Å²) in [5.41, 5.74) is 0.386. The molecule has 0 aliphatic carbocycles. The second-order valence-corrected chi connectivity index (χ2v) is 3.24. The molecule has 0 atom stereocenters. The topological polar surface area (TPSA) is 42.7 Å². The summed E-state index contributed by atoms with van der Waals surface area (Å²) < 4.78 is 28.1. The number of nitrogens with one attached hydrogen (secondary N) is 1. The fourth-order valence-electron chi connectivity index (χ4n) is 1.44. The Bertz CT molecular complexity index is 475. The monoisotopic (exact) mass is 224 g/mol. The molecular weight excluding hydrogens is 214 g/mol. The van der Waals surface area contributed by atoms with E-state index in [1.807, 2.05) is 0 Å². The standard InChI is InChI=1S/C10H10F2N4/c1-13-5-7-6-14-15-16(7)10-8(11)3-2-4-9(10)12/h2-4,6,13H,5H2,1H3. The maximum Gasteiger partial charge on any atom is 0.151 e. The minimum Gasteiger partial charge on any atom is -0.314 e. The van der Waals surface area contributed by atoms with Gasteiger partial charge in [0.05, 0.1) is 11.9 Å². The van der Waals surface area contributed by atoms with Crippen molar-refractivity contribution in [1.82, 2.24) is 20.3 Å². The van der Waals surface area contributed by atoms with Crippen LogP contribution in [0.1, 0.15) is 5.69 Å². The van der Waals surface area contributed by atoms with Crippen LogP contribution in [0.25, 0.3) is 5.69 Å². The van der Waals surface area contributed by atoms with Gasteiger partial charge in [0.2, 0.25) is 0 Å². The van der Waals surface area contributed by atoms with Crippen molar-refractivity contribution in [1.29, 1.82) is 0 Å². The summed E-state index contributed by atoms with van der Waals surface area (Å²) in [7, 11) is 1.73. The summed E-state index contributed by atoms with van der Waals surface area (Å²) in [5, 5.41) is 10.2. The Morgan fingerprint density at radius 2 is 2.00 bits per heavy atom. The van der Waals surface area contributed by atoms with E-state index in [9.17, 15) is 8.78 Å². The lowest BCUT2D eigenvalue weighted by Crippen LogP contribution is -2.13. The van der Waals surface area contributed by atoms with E-state index in [-0.39, 0.29) is 5.69 Å². The van der Waals surface area contributed by atoms with Gasteiger partial charge in [-0.15, -0.1) is 5.10 Å². The zero-order valence-electron chi connectivity index (χ0n) is 8.61. The zero-order valence-corrected chi connectivity index (χ0v) is 8.61. The Hall–Kier alpha value is -1.82. The van der Waals surface area contributed by atoms with Crippen LogP contribution in [0.3, 0.4) is 0 Å². The van der Waals surface area contributed by atoms with E-state index in [0.29, 0.717) is 12.2 Å². The molecule has 0 saturated heterocycles. The van der Waals surface area contributed by atoms with Crippen molar-refractivity contribution in [2.24, 2.45) is 0 Å². The molecule has 0 bridgehead atoms. The Morgan fingerprint density at radius 1 is 1.31 bits per heavy atom. The first-order chi connectivity index (χ1) is 7.74. The molecule has 0 amide bonds. The second-order valence-electron chi connectivity index (χ2n) is 3.24. The third kappa shape index (κ3) is 1.79. The van der Waals surface area contributed by atoms with E-state index in [2.05, 4.69) is 15.6 Å². The van der Waals surface area contributed by atoms with Crippen molar-refractivity contribution in [2.75, 3.05) is 7.05 Å². The third-order valence-corrected chi connectivity index (χ3v) is 2.13. The predicted molar refractivity (Wildman–Crippen MR) is 54.0 cm³/mol. The van der Waals surface area contributed by atoms with Crippen LogP contribution in [0.2, 0.25) is 0 Å². The fourth-order valence-corrected chi connectivity index (χ4v) is 1.44. The lowest BCUT2D eigenvalue weighted by Gasteiger charge is -2.07. The van der Waals surface area contributed by atoms with Crippen LogP contribution in [0.5, 0.6) is 0 Å². The minimum atomic E-state index is -0.664. The van der Waals surface area contributed by atoms with E-state index < -0.39 is 11.6 Å². The van der Waals surface area contributed by atoms with Crippen LogP contribution < -0.4 is 5.32 Å². The Kier molecular flexibility index (Phi) is 2.91. The van der Waals surface area contributed by atoms with Crippen molar-refractivity contribution in [2.45, 2.75) is 6.54 Å². The van der Waals surface area contributed by atoms with Crippen LogP contribution in [-0.2, 0) is 6.54 Å². The van der Waals surface area contributed by atoms with Gasteiger partial charge in [-0.3, -0.25) is 0 Å². The maximum atomic E-state index is 13.5. The molecule has 0 spiro atoms. The Morgan fingerprint density at radius 3 is 2.62 bits per heavy atom. The van der Waals surface area contributed by atoms with Gasteiger partial charge in [-0.1, -0.05) is 11.3 Å². The van der Waals surface area contributed by atoms with Gasteiger partial charge in [-0.05, 0) is 19.2 Å². The Labute approximate surface area is 90.9 Å². The molecule has 0 aliphatic heterocycles. The highest BCUT2D eigenvalue weighted by molar-refractivity contribution is 5.35. The van der Waals surface area contributed by atoms with E-state index in [0.717, 1.165) is 4.68 Å². The van der Waals surface area contributed by atoms with Gasteiger partial charge < -0.3 is 5.32 Å². The number of hydrogen-bond acceptors (Lipinski definition) is 3. The first-order valence-corrected chi connectivity index (χ1v) is 4.72. The smallest absolute Gasteiger partial charge is 0.151 e. The number of halogens is 2. The van der Waals surface area contributed by atoms with E-state index in [4.69, 9.17) is 0 Å². The number of aromatic nitrogens is 3. The number of rotatable bonds is 3. The molecule has 1 aromatic heterocycles. The summed E-state index contributed by atoms with van der Waals surface area (Å²) in [5.74, 6) is -1.33. The van der Waals surface area contributed by atoms with Crippen LogP contribution in [0.15, 0.2) is 24.4 Å². The second kappa shape index (κ2) is 4.36. The highest BCUT2D eigenvalue weighted by Gasteiger charge is 2.14. The largest absolute Gasteiger partial charge is 0.314 e. The molecule has 2 rings (SSSR count). The molecule has 4 nitrogen and oxygen atoms in total. The molecule has 0 fully saturated rings. The predicted octanol–water partition coefficient (Wildman–Crippen LogP) is 1.26. The molecule has 0 radical (unpaired) electrons. The van der Waals surface area contributed by atoms with Crippen molar-refractivity contribution in [3.63, 3.8) is 0 Å². The SMILES string of the molecule is CNCc1cnnn1-c1c(F)cccc1F. The molecule has 0 aliphatic rings. The molecule has 16 heavy (non-hydrogen) atoms. The average molecular weight is 224 g/mol. The molecule has 1 N–H and O–H groups in total. The van der Waals surface area contributed by atoms with Crippen LogP contribution in [0.4, 0.5) is 8.78 Å². The highest BCUT2D eigenvalue weighted by Crippen LogP contribution is 2.17. The van der Waals surface area contributed by atoms with Gasteiger partial charge in [-0.25, -0.2) is 13.5 Å². The van der Waals surface area contributed by atoms with Gasteiger partial charge in [0.25, 0.3) is 0 Å². The molecule has 84 valence electrons. The summed E-state index contributed by atoms with van der Waals surface area (Å²) in [4.78, 5) is 0. The van der Waals surface area contributed by atoms with Crippen LogP contribution in [-0.4, -0.2) is 22.0 Å². The molecule has 6 heteroatoms. The quantitative estimate of drug-likeness (QED) is 0.853. The zero-order chi connectivity index (χ0) is 11.5. The van der Waals surface area contributed by atoms with Gasteiger partial charge >= 0.3 is 0 Å². The first kappa shape index (κ1) is 10.7. The number of para-hydroxylation sites is 1. The molecule has 0 saturated carbocycles. The lowest BCUT2D eigenvalue weighted by atomic mass is 10.3. The van der Waals surface area contributed by atoms with Gasteiger partial charge in [-0.2, -0.15) is 0 Å². The fraction of sp³-hybridized carbons (Fsp3) is 0.200. The average Bonchev–Trinajstić information content (AvgIpc) is 2.67. The van der Waals surface area contributed by atoms with E-state index >= 15 is 0 Å². The molecule has 1 heterocycles. The highest BCUT2D eigenvalue weighted by atomic mass is 19.1. The van der Waals surface area contributed by atoms with Gasteiger partial charge in [0, 0.05) is 6.54 Å². The number of benzene rings is 1. The van der Waals surface area contributed by atoms with Gasteiger partial charge in [0.1, 0.15) is 5.69 Å². The van der Waals surface area contributed by atoms with Gasteiger partial charge in [0.15, 0.2) is 11.6 Å². The normalized spacial score (nSPS) is 10.7. The molecule has 1 aromatic carbocycles. The summed E-state index contributed by atoms with van der Waals surface area (Å²) in [6.45, 7) is 0.431. The van der Waals surface area contributed by atoms with Crippen LogP contribution in [0, 0.1) is 11.6 Å². The van der Waals surface area contributed by atoms with E-state index in [1.165, 1.54) is 24.4 Å². The van der Waals surface area contributed by atoms with E-state index in [1.54, 1.807) is 7.05 Å². The summed E-state index contributed by atoms with van der Waals surface area (Å²) >= 11 is 0. The first-order valence-electron chi connectivity index (χ1n) is 4.72. The summed E-state index contributed by atoms with van der Waals surface area (Å²) in [6.07, 6.45) is 1.46. The molecule has 0 unspecified atom stereocenters. The van der Waals surface area contributed by atoms with Crippen molar-refractivity contribution < 1.29 is 8.78 Å². The maximum absolute atomic E-state index is 13.5. The third-order valence-electron chi connectivity index (χ3n) is 2.13. The van der Waals surface area contributed by atoms with Crippen molar-refractivity contribution >= 4 is 0 Å².